The molecule has 104 valence electrons. The quantitative estimate of drug-likeness (QED) is 0.904. The minimum atomic E-state index is 0.237. The Hall–Kier alpha value is -0.200. The number of nitrogens with zero attached hydrogens (tertiary/aromatic N) is 2. The molecular formula is C13H19N3OS2. The fourth-order valence-corrected chi connectivity index (χ4v) is 6.44. The Morgan fingerprint density at radius 2 is 2.11 bits per heavy atom. The van der Waals surface area contributed by atoms with Crippen molar-refractivity contribution in [2.24, 2.45) is 17.6 Å². The van der Waals surface area contributed by atoms with Crippen LogP contribution in [0.15, 0.2) is 4.52 Å². The molecule has 1 aromatic rings. The molecule has 19 heavy (non-hydrogen) atoms. The minimum absolute atomic E-state index is 0.237. The van der Waals surface area contributed by atoms with Gasteiger partial charge < -0.3 is 10.3 Å². The molecule has 2 heterocycles. The third-order valence-electron chi connectivity index (χ3n) is 4.83. The van der Waals surface area contributed by atoms with Gasteiger partial charge in [0.1, 0.15) is 0 Å². The maximum atomic E-state index is 6.35. The number of nitrogens with two attached hydrogens (primary N) is 1. The van der Waals surface area contributed by atoms with E-state index in [1.54, 1.807) is 0 Å². The van der Waals surface area contributed by atoms with Crippen LogP contribution in [-0.2, 0) is 0 Å². The summed E-state index contributed by atoms with van der Waals surface area (Å²) in [4.78, 5) is 4.69. The Kier molecular flexibility index (Phi) is 3.28. The topological polar surface area (TPSA) is 64.9 Å². The summed E-state index contributed by atoms with van der Waals surface area (Å²) >= 11 is 3.94. The lowest BCUT2D eigenvalue weighted by Crippen LogP contribution is -2.34. The monoisotopic (exact) mass is 297 g/mol. The van der Waals surface area contributed by atoms with Crippen LogP contribution in [0.4, 0.5) is 0 Å². The van der Waals surface area contributed by atoms with Crippen molar-refractivity contribution in [1.29, 1.82) is 0 Å². The molecule has 4 rings (SSSR count). The van der Waals surface area contributed by atoms with Crippen molar-refractivity contribution in [3.8, 4) is 0 Å². The zero-order valence-electron chi connectivity index (χ0n) is 10.8. The molecule has 1 aromatic heterocycles. The Morgan fingerprint density at radius 3 is 2.84 bits per heavy atom. The number of rotatable bonds is 2. The second-order valence-corrected chi connectivity index (χ2v) is 8.32. The summed E-state index contributed by atoms with van der Waals surface area (Å²) in [6, 6.07) is 0.237. The Labute approximate surface area is 121 Å². The van der Waals surface area contributed by atoms with Crippen LogP contribution in [0.25, 0.3) is 0 Å². The maximum absolute atomic E-state index is 6.35. The van der Waals surface area contributed by atoms with E-state index in [1.165, 1.54) is 30.8 Å². The van der Waals surface area contributed by atoms with E-state index in [1.807, 2.05) is 23.5 Å². The average Bonchev–Trinajstić information content (AvgIpc) is 3.14. The van der Waals surface area contributed by atoms with E-state index in [4.69, 9.17) is 15.2 Å². The van der Waals surface area contributed by atoms with Gasteiger partial charge in [-0.05, 0) is 31.1 Å². The van der Waals surface area contributed by atoms with Gasteiger partial charge in [0, 0.05) is 23.3 Å². The molecule has 2 aliphatic carbocycles. The zero-order chi connectivity index (χ0) is 12.8. The van der Waals surface area contributed by atoms with Crippen molar-refractivity contribution in [3.63, 3.8) is 0 Å². The molecule has 1 saturated heterocycles. The average molecular weight is 297 g/mol. The van der Waals surface area contributed by atoms with Crippen LogP contribution >= 0.6 is 23.5 Å². The lowest BCUT2D eigenvalue weighted by Gasteiger charge is -2.24. The van der Waals surface area contributed by atoms with Crippen molar-refractivity contribution in [1.82, 2.24) is 10.1 Å². The van der Waals surface area contributed by atoms with E-state index in [9.17, 15) is 0 Å². The van der Waals surface area contributed by atoms with Gasteiger partial charge in [0.05, 0.1) is 11.2 Å². The van der Waals surface area contributed by atoms with E-state index in [2.05, 4.69) is 5.16 Å². The standard InChI is InChI=1S/C13H19N3OS2/c14-11-8-2-1-7(5-8)10(11)13-15-12(16-17-13)9-6-18-3-4-19-9/h7-11H,1-6,14H2. The fraction of sp³-hybridized carbons (Fsp3) is 0.846. The van der Waals surface area contributed by atoms with Gasteiger partial charge in [0.15, 0.2) is 5.82 Å². The molecule has 4 nitrogen and oxygen atoms in total. The molecule has 5 unspecified atom stereocenters. The van der Waals surface area contributed by atoms with Crippen molar-refractivity contribution >= 4 is 23.5 Å². The highest BCUT2D eigenvalue weighted by Crippen LogP contribution is 2.52. The molecule has 2 N–H and O–H groups in total. The molecule has 0 spiro atoms. The molecule has 5 atom stereocenters. The normalized spacial score (nSPS) is 41.8. The van der Waals surface area contributed by atoms with Gasteiger partial charge in [-0.25, -0.2) is 0 Å². The number of hydrogen-bond donors (Lipinski definition) is 1. The first-order valence-corrected chi connectivity index (χ1v) is 9.31. The van der Waals surface area contributed by atoms with Crippen molar-refractivity contribution in [2.75, 3.05) is 17.3 Å². The SMILES string of the molecule is NC1C2CCC(C2)C1c1nc(C2CSCCS2)no1. The van der Waals surface area contributed by atoms with E-state index in [-0.39, 0.29) is 6.04 Å². The van der Waals surface area contributed by atoms with Gasteiger partial charge in [-0.1, -0.05) is 5.16 Å². The van der Waals surface area contributed by atoms with Crippen LogP contribution in [0.2, 0.25) is 0 Å². The first-order valence-electron chi connectivity index (χ1n) is 7.11. The van der Waals surface area contributed by atoms with Gasteiger partial charge in [-0.3, -0.25) is 0 Å². The first kappa shape index (κ1) is 12.5. The maximum Gasteiger partial charge on any atom is 0.231 e. The third kappa shape index (κ3) is 2.12. The van der Waals surface area contributed by atoms with Crippen LogP contribution < -0.4 is 5.73 Å². The third-order valence-corrected chi connectivity index (χ3v) is 7.58. The minimum Gasteiger partial charge on any atom is -0.339 e. The molecule has 3 fully saturated rings. The van der Waals surface area contributed by atoms with Crippen LogP contribution in [-0.4, -0.2) is 33.4 Å². The van der Waals surface area contributed by atoms with Gasteiger partial charge in [0.25, 0.3) is 0 Å². The van der Waals surface area contributed by atoms with Crippen LogP contribution in [0.1, 0.15) is 42.1 Å². The Morgan fingerprint density at radius 1 is 1.21 bits per heavy atom. The molecule has 2 saturated carbocycles. The molecule has 2 bridgehead atoms. The Bertz CT molecular complexity index is 458. The van der Waals surface area contributed by atoms with E-state index >= 15 is 0 Å². The largest absolute Gasteiger partial charge is 0.339 e. The van der Waals surface area contributed by atoms with Gasteiger partial charge >= 0.3 is 0 Å². The van der Waals surface area contributed by atoms with Gasteiger partial charge in [0.2, 0.25) is 5.89 Å². The number of thioether (sulfide) groups is 2. The second-order valence-electron chi connectivity index (χ2n) is 5.86. The summed E-state index contributed by atoms with van der Waals surface area (Å²) in [5, 5.41) is 4.64. The molecule has 3 aliphatic rings. The van der Waals surface area contributed by atoms with E-state index in [0.29, 0.717) is 23.0 Å². The number of hydrogen-bond acceptors (Lipinski definition) is 6. The summed E-state index contributed by atoms with van der Waals surface area (Å²) in [7, 11) is 0. The lowest BCUT2D eigenvalue weighted by molar-refractivity contribution is 0.278. The summed E-state index contributed by atoms with van der Waals surface area (Å²) in [6.07, 6.45) is 3.84. The lowest BCUT2D eigenvalue weighted by atomic mass is 9.85. The summed E-state index contributed by atoms with van der Waals surface area (Å²) in [5.41, 5.74) is 6.35. The highest BCUT2D eigenvalue weighted by atomic mass is 32.2. The summed E-state index contributed by atoms with van der Waals surface area (Å²) in [6.45, 7) is 0. The zero-order valence-corrected chi connectivity index (χ0v) is 12.5. The van der Waals surface area contributed by atoms with E-state index < -0.39 is 0 Å². The molecule has 0 amide bonds. The van der Waals surface area contributed by atoms with Crippen LogP contribution in [0.3, 0.4) is 0 Å². The molecular weight excluding hydrogens is 278 g/mol. The fourth-order valence-electron chi connectivity index (χ4n) is 3.85. The highest BCUT2D eigenvalue weighted by Gasteiger charge is 2.49. The molecule has 0 radical (unpaired) electrons. The molecule has 6 heteroatoms. The van der Waals surface area contributed by atoms with Crippen molar-refractivity contribution in [3.05, 3.63) is 11.7 Å². The highest BCUT2D eigenvalue weighted by molar-refractivity contribution is 8.06. The van der Waals surface area contributed by atoms with Crippen LogP contribution in [0.5, 0.6) is 0 Å². The van der Waals surface area contributed by atoms with Gasteiger partial charge in [-0.2, -0.15) is 16.7 Å². The van der Waals surface area contributed by atoms with E-state index in [0.717, 1.165) is 17.5 Å². The summed E-state index contributed by atoms with van der Waals surface area (Å²) in [5.74, 6) is 6.92. The smallest absolute Gasteiger partial charge is 0.231 e. The van der Waals surface area contributed by atoms with Crippen molar-refractivity contribution in [2.45, 2.75) is 36.5 Å². The predicted molar refractivity (Wildman–Crippen MR) is 78.4 cm³/mol. The molecule has 0 aromatic carbocycles. The predicted octanol–water partition coefficient (Wildman–Crippen LogP) is 2.43. The Balaban J connectivity index is 1.54. The second kappa shape index (κ2) is 4.97. The summed E-state index contributed by atoms with van der Waals surface area (Å²) < 4.78 is 5.56. The number of aromatic nitrogens is 2. The first-order chi connectivity index (χ1) is 9.33. The number of fused-ring (bicyclic) bond motifs is 2. The van der Waals surface area contributed by atoms with Gasteiger partial charge in [-0.15, -0.1) is 11.8 Å². The van der Waals surface area contributed by atoms with Crippen LogP contribution in [0, 0.1) is 11.8 Å². The van der Waals surface area contributed by atoms with Crippen molar-refractivity contribution < 1.29 is 4.52 Å². The molecule has 1 aliphatic heterocycles.